The summed E-state index contributed by atoms with van der Waals surface area (Å²) in [5.41, 5.74) is 14.1. The molecule has 13 nitrogen and oxygen atoms in total. The molecule has 1 amide bonds. The van der Waals surface area contributed by atoms with E-state index in [4.69, 9.17) is 20.4 Å². The first-order chi connectivity index (χ1) is 20.1. The second-order valence-electron chi connectivity index (χ2n) is 11.6. The normalized spacial score (nSPS) is 22.9. The van der Waals surface area contributed by atoms with E-state index < -0.39 is 0 Å². The first-order valence-electron chi connectivity index (χ1n) is 14.1. The predicted molar refractivity (Wildman–Crippen MR) is 146 cm³/mol. The Balaban J connectivity index is 1.11. The molecule has 5 aromatic heterocycles. The maximum atomic E-state index is 13.2. The topological polar surface area (TPSA) is 169 Å². The third-order valence-corrected chi connectivity index (χ3v) is 9.21. The van der Waals surface area contributed by atoms with Crippen molar-refractivity contribution >= 4 is 17.4 Å². The van der Waals surface area contributed by atoms with Crippen LogP contribution in [0.5, 0.6) is 5.75 Å². The van der Waals surface area contributed by atoms with E-state index >= 15 is 0 Å². The van der Waals surface area contributed by atoms with Crippen LogP contribution in [0.1, 0.15) is 77.8 Å². The second kappa shape index (κ2) is 8.35. The summed E-state index contributed by atoms with van der Waals surface area (Å²) in [6.07, 6.45) is 12.7. The molecule has 1 aliphatic carbocycles. The summed E-state index contributed by atoms with van der Waals surface area (Å²) in [7, 11) is 0. The molecule has 0 spiro atoms. The number of anilines is 1. The van der Waals surface area contributed by atoms with E-state index in [9.17, 15) is 4.79 Å². The van der Waals surface area contributed by atoms with Crippen molar-refractivity contribution in [2.45, 2.75) is 69.1 Å². The molecule has 1 unspecified atom stereocenters. The minimum absolute atomic E-state index is 0.0683. The van der Waals surface area contributed by atoms with E-state index in [1.807, 2.05) is 23.4 Å². The van der Waals surface area contributed by atoms with Crippen molar-refractivity contribution in [3.63, 3.8) is 0 Å². The van der Waals surface area contributed by atoms with E-state index in [1.165, 1.54) is 6.33 Å². The quantitative estimate of drug-likeness (QED) is 0.305. The molecule has 8 heterocycles. The molecule has 2 saturated heterocycles. The van der Waals surface area contributed by atoms with Crippen LogP contribution in [0.15, 0.2) is 31.0 Å². The summed E-state index contributed by atoms with van der Waals surface area (Å²) in [4.78, 5) is 29.4. The van der Waals surface area contributed by atoms with E-state index in [0.29, 0.717) is 35.6 Å². The van der Waals surface area contributed by atoms with Gasteiger partial charge in [0.15, 0.2) is 5.65 Å². The van der Waals surface area contributed by atoms with Gasteiger partial charge in [-0.15, -0.1) is 0 Å². The lowest BCUT2D eigenvalue weighted by atomic mass is 9.85. The Labute approximate surface area is 233 Å². The molecule has 0 radical (unpaired) electrons. The van der Waals surface area contributed by atoms with Gasteiger partial charge in [0.2, 0.25) is 5.82 Å². The van der Waals surface area contributed by atoms with Crippen LogP contribution in [-0.2, 0) is 6.61 Å². The minimum Gasteiger partial charge on any atom is -0.486 e. The molecule has 5 aromatic rings. The van der Waals surface area contributed by atoms with Gasteiger partial charge < -0.3 is 15.4 Å². The fourth-order valence-electron chi connectivity index (χ4n) is 7.18. The number of hydrogen-bond donors (Lipinski definition) is 3. The summed E-state index contributed by atoms with van der Waals surface area (Å²) in [5.74, 6) is 2.21. The van der Waals surface area contributed by atoms with Gasteiger partial charge in [-0.1, -0.05) is 0 Å². The SMILES string of the molecule is Nc1c(C2CC2)c(C2C[C@H]3CC[C@@H](C2)N3C(=O)c2ncn[nH]2)nc2c(-c3cnc4c(c3)OCc3cn[nH]c3-4)cnn12. The van der Waals surface area contributed by atoms with Crippen LogP contribution >= 0.6 is 0 Å². The van der Waals surface area contributed by atoms with E-state index in [2.05, 4.69) is 30.5 Å². The van der Waals surface area contributed by atoms with Crippen molar-refractivity contribution in [3.05, 3.63) is 53.6 Å². The van der Waals surface area contributed by atoms with E-state index in [0.717, 1.165) is 77.9 Å². The highest BCUT2D eigenvalue weighted by molar-refractivity contribution is 5.91. The molecule has 4 aliphatic rings. The van der Waals surface area contributed by atoms with Gasteiger partial charge in [-0.25, -0.2) is 9.97 Å². The number of H-pyrrole nitrogens is 2. The fraction of sp³-hybridized carbons (Fsp3) is 0.393. The summed E-state index contributed by atoms with van der Waals surface area (Å²) in [6.45, 7) is 0.443. The first-order valence-corrected chi connectivity index (χ1v) is 14.1. The molecule has 3 aliphatic heterocycles. The number of pyridine rings is 1. The largest absolute Gasteiger partial charge is 0.486 e. The summed E-state index contributed by atoms with van der Waals surface area (Å²) >= 11 is 0. The number of nitrogens with one attached hydrogen (secondary N) is 2. The first kappa shape index (κ1) is 22.9. The van der Waals surface area contributed by atoms with Crippen molar-refractivity contribution in [2.24, 2.45) is 0 Å². The van der Waals surface area contributed by atoms with Gasteiger partial charge in [0.1, 0.15) is 30.2 Å². The van der Waals surface area contributed by atoms with Crippen LogP contribution in [0.25, 0.3) is 28.2 Å². The zero-order chi connectivity index (χ0) is 27.2. The van der Waals surface area contributed by atoms with Crippen LogP contribution < -0.4 is 10.5 Å². The molecule has 41 heavy (non-hydrogen) atoms. The van der Waals surface area contributed by atoms with Gasteiger partial charge >= 0.3 is 0 Å². The Morgan fingerprint density at radius 3 is 2.63 bits per heavy atom. The van der Waals surface area contributed by atoms with Gasteiger partial charge in [0, 0.05) is 46.5 Å². The predicted octanol–water partition coefficient (Wildman–Crippen LogP) is 3.20. The number of aromatic amines is 2. The highest BCUT2D eigenvalue weighted by Gasteiger charge is 2.46. The van der Waals surface area contributed by atoms with Gasteiger partial charge in [-0.3, -0.25) is 20.0 Å². The Morgan fingerprint density at radius 2 is 1.85 bits per heavy atom. The third-order valence-electron chi connectivity index (χ3n) is 9.21. The Bertz CT molecular complexity index is 1820. The molecule has 13 heteroatoms. The lowest BCUT2D eigenvalue weighted by molar-refractivity contribution is 0.0557. The number of carbonyl (C=O) groups is 1. The number of nitrogens with two attached hydrogens (primary N) is 1. The number of fused-ring (bicyclic) bond motifs is 6. The van der Waals surface area contributed by atoms with Gasteiger partial charge in [-0.05, 0) is 50.5 Å². The van der Waals surface area contributed by atoms with Crippen molar-refractivity contribution in [1.29, 1.82) is 0 Å². The second-order valence-corrected chi connectivity index (χ2v) is 11.6. The number of hydrogen-bond acceptors (Lipinski definition) is 9. The van der Waals surface area contributed by atoms with Crippen molar-refractivity contribution in [1.82, 2.24) is 49.9 Å². The van der Waals surface area contributed by atoms with Gasteiger partial charge in [-0.2, -0.15) is 19.8 Å². The molecule has 3 fully saturated rings. The number of amides is 1. The lowest BCUT2D eigenvalue weighted by Crippen LogP contribution is -2.46. The third kappa shape index (κ3) is 3.37. The van der Waals surface area contributed by atoms with Gasteiger partial charge in [0.05, 0.1) is 23.8 Å². The number of ether oxygens (including phenoxy) is 1. The average Bonchev–Trinajstić information content (AvgIpc) is 3.36. The zero-order valence-corrected chi connectivity index (χ0v) is 22.1. The number of rotatable bonds is 4. The molecule has 206 valence electrons. The molecular weight excluding hydrogens is 522 g/mol. The highest BCUT2D eigenvalue weighted by atomic mass is 16.5. The van der Waals surface area contributed by atoms with Crippen molar-refractivity contribution < 1.29 is 9.53 Å². The van der Waals surface area contributed by atoms with E-state index in [1.54, 1.807) is 10.7 Å². The molecule has 1 saturated carbocycles. The summed E-state index contributed by atoms with van der Waals surface area (Å²) in [5, 5.41) is 18.5. The van der Waals surface area contributed by atoms with Crippen LogP contribution in [0.3, 0.4) is 0 Å². The van der Waals surface area contributed by atoms with Crippen molar-refractivity contribution in [3.8, 4) is 28.3 Å². The zero-order valence-electron chi connectivity index (χ0n) is 22.1. The van der Waals surface area contributed by atoms with Crippen LogP contribution in [-0.4, -0.2) is 67.9 Å². The molecule has 0 aromatic carbocycles. The standard InChI is InChI=1S/C28H27N11O2/c29-25-21(13-1-2-13)22(14-5-17-3-4-18(6-14)38(17)28(40)26-31-12-33-37-26)35-27-19(10-34-39(25)27)15-7-20-24(30-8-15)23-16(11-41-20)9-32-36-23/h7-10,12-14,17-18H,1-6,11,29H2,(H,32,36)(H,31,33,37)/t14?,17-,18+. The lowest BCUT2D eigenvalue weighted by Gasteiger charge is -2.39. The molecule has 2 bridgehead atoms. The average molecular weight is 550 g/mol. The number of carbonyl (C=O) groups excluding carboxylic acids is 1. The molecule has 9 rings (SSSR count). The monoisotopic (exact) mass is 549 g/mol. The minimum atomic E-state index is -0.0683. The highest BCUT2D eigenvalue weighted by Crippen LogP contribution is 2.50. The van der Waals surface area contributed by atoms with Crippen LogP contribution in [0.2, 0.25) is 0 Å². The van der Waals surface area contributed by atoms with Gasteiger partial charge in [0.25, 0.3) is 5.91 Å². The smallest absolute Gasteiger partial charge is 0.291 e. The Morgan fingerprint density at radius 1 is 1.00 bits per heavy atom. The molecule has 3 atom stereocenters. The number of nitrogen functional groups attached to an aromatic ring is 1. The molecular formula is C28H27N11O2. The van der Waals surface area contributed by atoms with Crippen molar-refractivity contribution in [2.75, 3.05) is 5.73 Å². The number of nitrogens with zero attached hydrogens (tertiary/aromatic N) is 8. The summed E-state index contributed by atoms with van der Waals surface area (Å²) in [6, 6.07) is 2.27. The maximum Gasteiger partial charge on any atom is 0.291 e. The maximum absolute atomic E-state index is 13.2. The fourth-order valence-corrected chi connectivity index (χ4v) is 7.18. The number of aromatic nitrogens is 9. The molecule has 4 N–H and O–H groups in total. The van der Waals surface area contributed by atoms with E-state index in [-0.39, 0.29) is 23.9 Å². The Hall–Kier alpha value is -4.81. The van der Waals surface area contributed by atoms with Crippen LogP contribution in [0.4, 0.5) is 5.82 Å². The summed E-state index contributed by atoms with van der Waals surface area (Å²) < 4.78 is 7.78. The Kier molecular flexibility index (Phi) is 4.67. The number of piperidine rings is 1. The van der Waals surface area contributed by atoms with Crippen LogP contribution in [0, 0.1) is 0 Å².